The summed E-state index contributed by atoms with van der Waals surface area (Å²) in [6, 6.07) is 8.55. The zero-order valence-corrected chi connectivity index (χ0v) is 11.3. The Morgan fingerprint density at radius 1 is 1.50 bits per heavy atom. The first-order valence-corrected chi connectivity index (χ1v) is 6.58. The minimum Gasteiger partial charge on any atom is -0.486 e. The van der Waals surface area contributed by atoms with Gasteiger partial charge < -0.3 is 9.64 Å². The molecule has 1 unspecified atom stereocenters. The van der Waals surface area contributed by atoms with Crippen LogP contribution in [0.1, 0.15) is 38.7 Å². The van der Waals surface area contributed by atoms with Crippen molar-refractivity contribution >= 4 is 5.69 Å². The van der Waals surface area contributed by atoms with Crippen LogP contribution in [0, 0.1) is 11.3 Å². The van der Waals surface area contributed by atoms with Gasteiger partial charge in [0.05, 0.1) is 18.3 Å². The quantitative estimate of drug-likeness (QED) is 0.765. The van der Waals surface area contributed by atoms with E-state index in [1.54, 1.807) is 0 Å². The van der Waals surface area contributed by atoms with E-state index in [0.717, 1.165) is 24.4 Å². The topological polar surface area (TPSA) is 36.3 Å². The molecule has 18 heavy (non-hydrogen) atoms. The van der Waals surface area contributed by atoms with E-state index in [9.17, 15) is 0 Å². The zero-order valence-electron chi connectivity index (χ0n) is 11.3. The molecule has 1 aliphatic rings. The number of anilines is 1. The van der Waals surface area contributed by atoms with Crippen molar-refractivity contribution in [2.75, 3.05) is 18.0 Å². The fourth-order valence-electron chi connectivity index (χ4n) is 2.25. The summed E-state index contributed by atoms with van der Waals surface area (Å²) in [5.41, 5.74) is 2.35. The van der Waals surface area contributed by atoms with Crippen molar-refractivity contribution in [3.8, 4) is 11.8 Å². The number of hydrogen-bond acceptors (Lipinski definition) is 3. The van der Waals surface area contributed by atoms with Gasteiger partial charge in [-0.2, -0.15) is 5.26 Å². The van der Waals surface area contributed by atoms with Gasteiger partial charge in [0.1, 0.15) is 18.4 Å². The molecule has 1 aliphatic heterocycles. The lowest BCUT2D eigenvalue weighted by atomic mass is 10.0. The van der Waals surface area contributed by atoms with Crippen LogP contribution in [0.2, 0.25) is 0 Å². The average molecular weight is 244 g/mol. The summed E-state index contributed by atoms with van der Waals surface area (Å²) in [6.07, 6.45) is 1.16. The van der Waals surface area contributed by atoms with Crippen molar-refractivity contribution in [2.24, 2.45) is 0 Å². The lowest BCUT2D eigenvalue weighted by Crippen LogP contribution is -2.40. The largest absolute Gasteiger partial charge is 0.486 e. The summed E-state index contributed by atoms with van der Waals surface area (Å²) in [5.74, 6) is 1.40. The first-order chi connectivity index (χ1) is 8.65. The first-order valence-electron chi connectivity index (χ1n) is 6.58. The SMILES string of the molecule is CCC1CN(CC#N)c2cc(C(C)C)ccc2O1. The van der Waals surface area contributed by atoms with E-state index in [4.69, 9.17) is 10.00 Å². The van der Waals surface area contributed by atoms with E-state index in [1.807, 2.05) is 6.07 Å². The predicted molar refractivity (Wildman–Crippen MR) is 73.1 cm³/mol. The molecule has 0 saturated heterocycles. The molecule has 0 radical (unpaired) electrons. The Morgan fingerprint density at radius 3 is 2.89 bits per heavy atom. The molecular weight excluding hydrogens is 224 g/mol. The lowest BCUT2D eigenvalue weighted by Gasteiger charge is -2.35. The van der Waals surface area contributed by atoms with Gasteiger partial charge in [-0.3, -0.25) is 0 Å². The molecule has 0 fully saturated rings. The highest BCUT2D eigenvalue weighted by Gasteiger charge is 2.24. The molecule has 0 N–H and O–H groups in total. The summed E-state index contributed by atoms with van der Waals surface area (Å²) in [7, 11) is 0. The van der Waals surface area contributed by atoms with Gasteiger partial charge in [-0.05, 0) is 30.0 Å². The average Bonchev–Trinajstić information content (AvgIpc) is 2.38. The molecule has 0 spiro atoms. The minimum absolute atomic E-state index is 0.191. The maximum Gasteiger partial charge on any atom is 0.143 e. The van der Waals surface area contributed by atoms with Gasteiger partial charge in [-0.15, -0.1) is 0 Å². The van der Waals surface area contributed by atoms with Crippen LogP contribution >= 0.6 is 0 Å². The van der Waals surface area contributed by atoms with Crippen LogP contribution in [0.3, 0.4) is 0 Å². The molecule has 2 rings (SSSR count). The summed E-state index contributed by atoms with van der Waals surface area (Å²) in [5, 5.41) is 8.95. The number of nitrogens with zero attached hydrogens (tertiary/aromatic N) is 2. The van der Waals surface area contributed by atoms with E-state index in [2.05, 4.69) is 43.9 Å². The van der Waals surface area contributed by atoms with Crippen molar-refractivity contribution in [3.05, 3.63) is 23.8 Å². The molecule has 0 bridgehead atoms. The van der Waals surface area contributed by atoms with Gasteiger partial charge >= 0.3 is 0 Å². The minimum atomic E-state index is 0.191. The first kappa shape index (κ1) is 12.8. The van der Waals surface area contributed by atoms with E-state index in [-0.39, 0.29) is 6.10 Å². The maximum absolute atomic E-state index is 8.95. The number of rotatable bonds is 3. The third kappa shape index (κ3) is 2.43. The van der Waals surface area contributed by atoms with Crippen LogP contribution < -0.4 is 9.64 Å². The van der Waals surface area contributed by atoms with E-state index in [0.29, 0.717) is 12.5 Å². The van der Waals surface area contributed by atoms with E-state index >= 15 is 0 Å². The Kier molecular flexibility index (Phi) is 3.76. The van der Waals surface area contributed by atoms with E-state index in [1.165, 1.54) is 5.56 Å². The third-order valence-corrected chi connectivity index (χ3v) is 3.42. The van der Waals surface area contributed by atoms with E-state index < -0.39 is 0 Å². The lowest BCUT2D eigenvalue weighted by molar-refractivity contribution is 0.190. The highest BCUT2D eigenvalue weighted by atomic mass is 16.5. The van der Waals surface area contributed by atoms with Crippen LogP contribution in [0.15, 0.2) is 18.2 Å². The molecule has 3 heteroatoms. The second-order valence-corrected chi connectivity index (χ2v) is 5.07. The Bertz CT molecular complexity index is 462. The Labute approximate surface area is 109 Å². The molecule has 0 amide bonds. The fraction of sp³-hybridized carbons (Fsp3) is 0.533. The summed E-state index contributed by atoms with van der Waals surface area (Å²) in [6.45, 7) is 7.69. The molecular formula is C15H20N2O. The van der Waals surface area contributed by atoms with Crippen LogP contribution in [-0.2, 0) is 0 Å². The fourth-order valence-corrected chi connectivity index (χ4v) is 2.25. The van der Waals surface area contributed by atoms with Crippen molar-refractivity contribution in [1.29, 1.82) is 5.26 Å². The zero-order chi connectivity index (χ0) is 13.1. The molecule has 1 aromatic rings. The molecule has 0 saturated carbocycles. The van der Waals surface area contributed by atoms with Crippen molar-refractivity contribution < 1.29 is 4.74 Å². The molecule has 0 aromatic heterocycles. The number of benzene rings is 1. The highest BCUT2D eigenvalue weighted by molar-refractivity contribution is 5.62. The van der Waals surface area contributed by atoms with Gasteiger partial charge in [0, 0.05) is 0 Å². The third-order valence-electron chi connectivity index (χ3n) is 3.42. The molecule has 1 aromatic carbocycles. The Hall–Kier alpha value is -1.69. The smallest absolute Gasteiger partial charge is 0.143 e. The number of fused-ring (bicyclic) bond motifs is 1. The normalized spacial score (nSPS) is 18.2. The second-order valence-electron chi connectivity index (χ2n) is 5.07. The van der Waals surface area contributed by atoms with Crippen molar-refractivity contribution in [3.63, 3.8) is 0 Å². The van der Waals surface area contributed by atoms with Gasteiger partial charge in [-0.1, -0.05) is 26.8 Å². The van der Waals surface area contributed by atoms with Crippen LogP contribution in [0.5, 0.6) is 5.75 Å². The summed E-state index contributed by atoms with van der Waals surface area (Å²) < 4.78 is 5.94. The number of nitriles is 1. The maximum atomic E-state index is 8.95. The van der Waals surface area contributed by atoms with Gasteiger partial charge in [0.25, 0.3) is 0 Å². The number of ether oxygens (including phenoxy) is 1. The van der Waals surface area contributed by atoms with Crippen molar-refractivity contribution in [2.45, 2.75) is 39.2 Å². The molecule has 1 heterocycles. The van der Waals surface area contributed by atoms with Gasteiger partial charge in [-0.25, -0.2) is 0 Å². The highest BCUT2D eigenvalue weighted by Crippen LogP contribution is 2.36. The monoisotopic (exact) mass is 244 g/mol. The molecule has 3 nitrogen and oxygen atoms in total. The van der Waals surface area contributed by atoms with Gasteiger partial charge in [0.15, 0.2) is 0 Å². The van der Waals surface area contributed by atoms with Crippen molar-refractivity contribution in [1.82, 2.24) is 0 Å². The van der Waals surface area contributed by atoms with Crippen LogP contribution in [-0.4, -0.2) is 19.2 Å². The Morgan fingerprint density at radius 2 is 2.28 bits per heavy atom. The molecule has 0 aliphatic carbocycles. The Balaban J connectivity index is 2.37. The van der Waals surface area contributed by atoms with Gasteiger partial charge in [0.2, 0.25) is 0 Å². The molecule has 96 valence electrons. The second kappa shape index (κ2) is 5.30. The predicted octanol–water partition coefficient (Wildman–Crippen LogP) is 3.31. The summed E-state index contributed by atoms with van der Waals surface area (Å²) >= 11 is 0. The standard InChI is InChI=1S/C15H20N2O/c1-4-13-10-17(8-7-16)14-9-12(11(2)3)5-6-15(14)18-13/h5-6,9,11,13H,4,8,10H2,1-3H3. The van der Waals surface area contributed by atoms with Crippen LogP contribution in [0.25, 0.3) is 0 Å². The number of hydrogen-bond donors (Lipinski definition) is 0. The summed E-state index contributed by atoms with van der Waals surface area (Å²) in [4.78, 5) is 2.12. The van der Waals surface area contributed by atoms with Crippen LogP contribution in [0.4, 0.5) is 5.69 Å². The molecule has 1 atom stereocenters.